The molecule has 0 radical (unpaired) electrons. The normalized spacial score (nSPS) is 22.6. The van der Waals surface area contributed by atoms with Gasteiger partial charge in [0.1, 0.15) is 5.75 Å². The van der Waals surface area contributed by atoms with E-state index >= 15 is 0 Å². The van der Waals surface area contributed by atoms with E-state index in [4.69, 9.17) is 0 Å². The molecule has 1 aliphatic rings. The maximum absolute atomic E-state index is 12.6. The fourth-order valence-electron chi connectivity index (χ4n) is 2.71. The first-order valence-electron chi connectivity index (χ1n) is 6.82. The van der Waals surface area contributed by atoms with Gasteiger partial charge in [-0.15, -0.1) is 0 Å². The van der Waals surface area contributed by atoms with Crippen LogP contribution in [0.3, 0.4) is 0 Å². The zero-order valence-corrected chi connectivity index (χ0v) is 12.2. The van der Waals surface area contributed by atoms with Crippen LogP contribution in [0.25, 0.3) is 0 Å². The van der Waals surface area contributed by atoms with Crippen LogP contribution in [0.15, 0.2) is 18.2 Å². The number of likely N-dealkylation sites (tertiary alicyclic amines) is 1. The fourth-order valence-corrected chi connectivity index (χ4v) is 2.71. The van der Waals surface area contributed by atoms with Crippen molar-refractivity contribution in [2.45, 2.75) is 25.5 Å². The number of phenols is 1. The molecule has 0 aliphatic carbocycles. The predicted octanol–water partition coefficient (Wildman–Crippen LogP) is 0.838. The van der Waals surface area contributed by atoms with Gasteiger partial charge < -0.3 is 20.0 Å². The molecule has 1 saturated heterocycles. The monoisotopic (exact) mass is 278 g/mol. The molecule has 0 aromatic heterocycles. The Morgan fingerprint density at radius 3 is 2.75 bits per heavy atom. The van der Waals surface area contributed by atoms with Crippen LogP contribution < -0.4 is 0 Å². The summed E-state index contributed by atoms with van der Waals surface area (Å²) < 4.78 is 0. The Morgan fingerprint density at radius 1 is 1.45 bits per heavy atom. The highest BCUT2D eigenvalue weighted by Crippen LogP contribution is 2.25. The number of rotatable bonds is 3. The zero-order chi connectivity index (χ0) is 14.9. The number of β-amino-alcohol motifs (C(OH)–C–C–N with tert-alkyl or cyclic N) is 1. The van der Waals surface area contributed by atoms with Crippen molar-refractivity contribution < 1.29 is 15.0 Å². The number of aryl methyl sites for hydroxylation is 1. The van der Waals surface area contributed by atoms with Crippen LogP contribution in [-0.4, -0.2) is 65.3 Å². The Balaban J connectivity index is 2.22. The van der Waals surface area contributed by atoms with Gasteiger partial charge in [-0.1, -0.05) is 6.07 Å². The second-order valence-electron chi connectivity index (χ2n) is 5.78. The lowest BCUT2D eigenvalue weighted by atomic mass is 10.1. The van der Waals surface area contributed by atoms with E-state index in [1.807, 2.05) is 25.9 Å². The van der Waals surface area contributed by atoms with E-state index < -0.39 is 6.10 Å². The van der Waals surface area contributed by atoms with Gasteiger partial charge in [0.2, 0.25) is 0 Å². The van der Waals surface area contributed by atoms with Gasteiger partial charge in [-0.3, -0.25) is 4.79 Å². The topological polar surface area (TPSA) is 64.0 Å². The molecular formula is C15H22N2O3. The molecule has 2 N–H and O–H groups in total. The maximum atomic E-state index is 12.6. The Bertz CT molecular complexity index is 502. The standard InChI is InChI=1S/C15H22N2O3/c1-10-4-5-13(14(19)6-10)15(20)17-9-12(18)7-11(17)8-16(2)3/h4-6,11-12,18-19H,7-9H2,1-3H3. The molecule has 2 unspecified atom stereocenters. The molecule has 110 valence electrons. The largest absolute Gasteiger partial charge is 0.507 e. The SMILES string of the molecule is Cc1ccc(C(=O)N2CC(O)CC2CN(C)C)c(O)c1. The highest BCUT2D eigenvalue weighted by molar-refractivity contribution is 5.97. The van der Waals surface area contributed by atoms with Gasteiger partial charge >= 0.3 is 0 Å². The van der Waals surface area contributed by atoms with Crippen LogP contribution in [-0.2, 0) is 0 Å². The average molecular weight is 278 g/mol. The molecule has 1 aromatic rings. The lowest BCUT2D eigenvalue weighted by molar-refractivity contribution is 0.0696. The Labute approximate surface area is 119 Å². The number of carbonyl (C=O) groups excluding carboxylic acids is 1. The molecule has 1 amide bonds. The summed E-state index contributed by atoms with van der Waals surface area (Å²) >= 11 is 0. The van der Waals surface area contributed by atoms with E-state index in [1.54, 1.807) is 23.1 Å². The summed E-state index contributed by atoms with van der Waals surface area (Å²) in [6.45, 7) is 2.89. The van der Waals surface area contributed by atoms with E-state index in [-0.39, 0.29) is 17.7 Å². The molecule has 1 fully saturated rings. The number of aliphatic hydroxyl groups excluding tert-OH is 1. The minimum absolute atomic E-state index is 0.00000661. The first kappa shape index (κ1) is 14.8. The van der Waals surface area contributed by atoms with Gasteiger partial charge in [0.25, 0.3) is 5.91 Å². The summed E-state index contributed by atoms with van der Waals surface area (Å²) in [6, 6.07) is 5.01. The average Bonchev–Trinajstić information content (AvgIpc) is 2.68. The van der Waals surface area contributed by atoms with Gasteiger partial charge in [-0.2, -0.15) is 0 Å². The third-order valence-corrected chi connectivity index (χ3v) is 3.61. The molecule has 2 rings (SSSR count). The number of likely N-dealkylation sites (N-methyl/N-ethyl adjacent to an activating group) is 1. The molecule has 1 heterocycles. The van der Waals surface area contributed by atoms with E-state index in [9.17, 15) is 15.0 Å². The van der Waals surface area contributed by atoms with E-state index in [0.29, 0.717) is 25.1 Å². The second-order valence-corrected chi connectivity index (χ2v) is 5.78. The Kier molecular flexibility index (Phi) is 4.30. The Morgan fingerprint density at radius 2 is 2.15 bits per heavy atom. The first-order chi connectivity index (χ1) is 9.38. The van der Waals surface area contributed by atoms with Crippen LogP contribution in [0.5, 0.6) is 5.75 Å². The van der Waals surface area contributed by atoms with Crippen LogP contribution in [0.2, 0.25) is 0 Å². The van der Waals surface area contributed by atoms with E-state index in [2.05, 4.69) is 0 Å². The van der Waals surface area contributed by atoms with Crippen molar-refractivity contribution in [1.29, 1.82) is 0 Å². The third kappa shape index (κ3) is 3.11. The van der Waals surface area contributed by atoms with Crippen molar-refractivity contribution in [3.8, 4) is 5.75 Å². The molecule has 2 atom stereocenters. The summed E-state index contributed by atoms with van der Waals surface area (Å²) in [6.07, 6.45) is 0.0905. The van der Waals surface area contributed by atoms with Gasteiger partial charge in [-0.25, -0.2) is 0 Å². The van der Waals surface area contributed by atoms with E-state index in [1.165, 1.54) is 0 Å². The number of hydrogen-bond acceptors (Lipinski definition) is 4. The highest BCUT2D eigenvalue weighted by Gasteiger charge is 2.35. The molecule has 1 aliphatic heterocycles. The van der Waals surface area contributed by atoms with Crippen molar-refractivity contribution in [1.82, 2.24) is 9.80 Å². The van der Waals surface area contributed by atoms with Gasteiger partial charge in [-0.05, 0) is 45.1 Å². The van der Waals surface area contributed by atoms with Crippen LogP contribution in [0, 0.1) is 6.92 Å². The number of amides is 1. The summed E-state index contributed by atoms with van der Waals surface area (Å²) in [5.41, 5.74) is 1.21. The summed E-state index contributed by atoms with van der Waals surface area (Å²) in [5.74, 6) is -0.217. The Hall–Kier alpha value is -1.59. The van der Waals surface area contributed by atoms with Crippen molar-refractivity contribution >= 4 is 5.91 Å². The van der Waals surface area contributed by atoms with Gasteiger partial charge in [0, 0.05) is 19.1 Å². The fraction of sp³-hybridized carbons (Fsp3) is 0.533. The number of phenolic OH excluding ortho intramolecular Hbond substituents is 1. The minimum atomic E-state index is -0.489. The van der Waals surface area contributed by atoms with E-state index in [0.717, 1.165) is 5.56 Å². The number of benzene rings is 1. The summed E-state index contributed by atoms with van der Waals surface area (Å²) in [5, 5.41) is 19.8. The molecule has 1 aromatic carbocycles. The molecule has 0 bridgehead atoms. The van der Waals surface area contributed by atoms with Crippen molar-refractivity contribution in [2.75, 3.05) is 27.2 Å². The highest BCUT2D eigenvalue weighted by atomic mass is 16.3. The van der Waals surface area contributed by atoms with Gasteiger partial charge in [0.15, 0.2) is 0 Å². The minimum Gasteiger partial charge on any atom is -0.507 e. The predicted molar refractivity (Wildman–Crippen MR) is 76.8 cm³/mol. The molecule has 5 heteroatoms. The van der Waals surface area contributed by atoms with Crippen molar-refractivity contribution in [2.24, 2.45) is 0 Å². The first-order valence-corrected chi connectivity index (χ1v) is 6.82. The van der Waals surface area contributed by atoms with Crippen LogP contribution in [0.4, 0.5) is 0 Å². The number of aromatic hydroxyl groups is 1. The zero-order valence-electron chi connectivity index (χ0n) is 12.2. The maximum Gasteiger partial charge on any atom is 0.257 e. The van der Waals surface area contributed by atoms with Crippen LogP contribution >= 0.6 is 0 Å². The number of nitrogens with zero attached hydrogens (tertiary/aromatic N) is 2. The number of carbonyl (C=O) groups is 1. The number of hydrogen-bond donors (Lipinski definition) is 2. The summed E-state index contributed by atoms with van der Waals surface area (Å²) in [4.78, 5) is 16.2. The smallest absolute Gasteiger partial charge is 0.257 e. The number of aliphatic hydroxyl groups is 1. The molecule has 0 saturated carbocycles. The van der Waals surface area contributed by atoms with Crippen LogP contribution in [0.1, 0.15) is 22.3 Å². The second kappa shape index (κ2) is 5.81. The van der Waals surface area contributed by atoms with Crippen molar-refractivity contribution in [3.05, 3.63) is 29.3 Å². The lowest BCUT2D eigenvalue weighted by Crippen LogP contribution is -2.41. The summed E-state index contributed by atoms with van der Waals surface area (Å²) in [7, 11) is 3.88. The molecule has 20 heavy (non-hydrogen) atoms. The van der Waals surface area contributed by atoms with Crippen molar-refractivity contribution in [3.63, 3.8) is 0 Å². The quantitative estimate of drug-likeness (QED) is 0.860. The molecular weight excluding hydrogens is 256 g/mol. The van der Waals surface area contributed by atoms with Gasteiger partial charge in [0.05, 0.1) is 11.7 Å². The molecule has 0 spiro atoms. The molecule has 5 nitrogen and oxygen atoms in total. The lowest BCUT2D eigenvalue weighted by Gasteiger charge is -2.27. The third-order valence-electron chi connectivity index (χ3n) is 3.61.